The second-order valence-electron chi connectivity index (χ2n) is 4.87. The first-order valence-corrected chi connectivity index (χ1v) is 7.42. The zero-order chi connectivity index (χ0) is 18.8. The first-order chi connectivity index (χ1) is 12.6. The highest BCUT2D eigenvalue weighted by Gasteiger charge is 2.11. The number of benzene rings is 2. The van der Waals surface area contributed by atoms with Crippen LogP contribution in [0.3, 0.4) is 0 Å². The quantitative estimate of drug-likeness (QED) is 0.499. The third-order valence-electron chi connectivity index (χ3n) is 3.11. The number of nitriles is 2. The molecule has 8 heteroatoms. The topological polar surface area (TPSA) is 130 Å². The molecule has 0 aromatic heterocycles. The summed E-state index contributed by atoms with van der Waals surface area (Å²) in [6.45, 7) is 0. The van der Waals surface area contributed by atoms with Crippen LogP contribution < -0.4 is 21.5 Å². The molecule has 2 aromatic rings. The van der Waals surface area contributed by atoms with Gasteiger partial charge in [0.05, 0.1) is 11.3 Å². The van der Waals surface area contributed by atoms with E-state index in [0.717, 1.165) is 0 Å². The van der Waals surface area contributed by atoms with E-state index >= 15 is 0 Å². The van der Waals surface area contributed by atoms with Gasteiger partial charge in [-0.05, 0) is 24.3 Å². The van der Waals surface area contributed by atoms with E-state index < -0.39 is 11.9 Å². The molecule has 0 aliphatic rings. The van der Waals surface area contributed by atoms with Gasteiger partial charge in [0.1, 0.15) is 17.7 Å². The molecular weight excluding hydrogens is 332 g/mol. The fraction of sp³-hybridized carbons (Fsp3) is 0. The van der Waals surface area contributed by atoms with Gasteiger partial charge in [-0.1, -0.05) is 30.3 Å². The molecule has 0 saturated carbocycles. The molecule has 0 atom stereocenters. The van der Waals surface area contributed by atoms with Crippen molar-refractivity contribution in [2.75, 3.05) is 10.6 Å². The highest BCUT2D eigenvalue weighted by molar-refractivity contribution is 6.01. The van der Waals surface area contributed by atoms with E-state index in [1.54, 1.807) is 54.6 Å². The highest BCUT2D eigenvalue weighted by atomic mass is 16.2. The van der Waals surface area contributed by atoms with Crippen LogP contribution in [0.4, 0.5) is 16.2 Å². The van der Waals surface area contributed by atoms with Crippen LogP contribution in [0.1, 0.15) is 10.4 Å². The predicted octanol–water partition coefficient (Wildman–Crippen LogP) is 2.50. The number of carbonyl (C=O) groups excluding carboxylic acids is 2. The van der Waals surface area contributed by atoms with E-state index in [2.05, 4.69) is 21.5 Å². The average molecular weight is 346 g/mol. The Labute approximate surface area is 149 Å². The largest absolute Gasteiger partial charge is 0.359 e. The summed E-state index contributed by atoms with van der Waals surface area (Å²) in [6, 6.07) is 18.0. The summed E-state index contributed by atoms with van der Waals surface area (Å²) in [5, 5.41) is 22.8. The Kier molecular flexibility index (Phi) is 6.32. The fourth-order valence-electron chi connectivity index (χ4n) is 1.91. The molecule has 0 aliphatic heterocycles. The Balaban J connectivity index is 1.99. The van der Waals surface area contributed by atoms with Crippen molar-refractivity contribution in [2.24, 2.45) is 0 Å². The summed E-state index contributed by atoms with van der Waals surface area (Å²) in [5.74, 6) is -0.569. The second kappa shape index (κ2) is 9.11. The van der Waals surface area contributed by atoms with Gasteiger partial charge < -0.3 is 10.6 Å². The third kappa shape index (κ3) is 5.11. The van der Waals surface area contributed by atoms with E-state index in [1.807, 2.05) is 6.07 Å². The van der Waals surface area contributed by atoms with Crippen molar-refractivity contribution in [1.29, 1.82) is 10.5 Å². The molecule has 0 spiro atoms. The summed E-state index contributed by atoms with van der Waals surface area (Å²) in [6.07, 6.45) is 1.20. The summed E-state index contributed by atoms with van der Waals surface area (Å²) >= 11 is 0. The first kappa shape index (κ1) is 18.0. The summed E-state index contributed by atoms with van der Waals surface area (Å²) in [5.41, 5.74) is 5.56. The monoisotopic (exact) mass is 346 g/mol. The van der Waals surface area contributed by atoms with Crippen LogP contribution in [0.15, 0.2) is 66.4 Å². The van der Waals surface area contributed by atoms with E-state index in [4.69, 9.17) is 10.5 Å². The van der Waals surface area contributed by atoms with Crippen molar-refractivity contribution in [1.82, 2.24) is 10.9 Å². The van der Waals surface area contributed by atoms with Crippen LogP contribution in [0, 0.1) is 22.7 Å². The van der Waals surface area contributed by atoms with Crippen molar-refractivity contribution in [3.8, 4) is 12.1 Å². The third-order valence-corrected chi connectivity index (χ3v) is 3.11. The maximum atomic E-state index is 12.3. The molecule has 0 unspecified atom stereocenters. The van der Waals surface area contributed by atoms with Crippen LogP contribution >= 0.6 is 0 Å². The number of carbonyl (C=O) groups is 2. The molecule has 2 aromatic carbocycles. The van der Waals surface area contributed by atoms with Crippen molar-refractivity contribution in [2.45, 2.75) is 0 Å². The number of urea groups is 1. The maximum absolute atomic E-state index is 12.3. The minimum atomic E-state index is -0.605. The first-order valence-electron chi connectivity index (χ1n) is 7.42. The minimum Gasteiger partial charge on any atom is -0.359 e. The molecule has 26 heavy (non-hydrogen) atoms. The van der Waals surface area contributed by atoms with Gasteiger partial charge in [-0.3, -0.25) is 10.2 Å². The zero-order valence-corrected chi connectivity index (χ0v) is 13.5. The molecule has 0 bridgehead atoms. The number of hydrogen-bond donors (Lipinski definition) is 4. The van der Waals surface area contributed by atoms with Gasteiger partial charge in [0.15, 0.2) is 0 Å². The number of allylic oxidation sites excluding steroid dienone is 1. The fourth-order valence-corrected chi connectivity index (χ4v) is 1.91. The lowest BCUT2D eigenvalue weighted by atomic mass is 10.1. The Bertz CT molecular complexity index is 893. The van der Waals surface area contributed by atoms with Gasteiger partial charge in [-0.25, -0.2) is 10.2 Å². The molecule has 0 saturated heterocycles. The average Bonchev–Trinajstić information content (AvgIpc) is 2.68. The molecule has 8 nitrogen and oxygen atoms in total. The molecule has 128 valence electrons. The molecule has 3 amide bonds. The number of nitrogens with zero attached hydrogens (tertiary/aromatic N) is 2. The van der Waals surface area contributed by atoms with E-state index in [-0.39, 0.29) is 11.1 Å². The van der Waals surface area contributed by atoms with E-state index in [0.29, 0.717) is 11.4 Å². The van der Waals surface area contributed by atoms with Gasteiger partial charge in [0, 0.05) is 11.9 Å². The Morgan fingerprint density at radius 1 is 0.885 bits per heavy atom. The van der Waals surface area contributed by atoms with Gasteiger partial charge >= 0.3 is 6.03 Å². The maximum Gasteiger partial charge on any atom is 0.337 e. The van der Waals surface area contributed by atoms with E-state index in [1.165, 1.54) is 12.3 Å². The highest BCUT2D eigenvalue weighted by Crippen LogP contribution is 2.15. The second-order valence-corrected chi connectivity index (χ2v) is 4.87. The minimum absolute atomic E-state index is 0.138. The van der Waals surface area contributed by atoms with Gasteiger partial charge in [0.25, 0.3) is 5.91 Å². The van der Waals surface area contributed by atoms with Crippen LogP contribution in [0.5, 0.6) is 0 Å². The van der Waals surface area contributed by atoms with Gasteiger partial charge in [-0.2, -0.15) is 10.5 Å². The van der Waals surface area contributed by atoms with Crippen molar-refractivity contribution in [3.05, 3.63) is 71.9 Å². The summed E-state index contributed by atoms with van der Waals surface area (Å²) in [7, 11) is 0. The van der Waals surface area contributed by atoms with Crippen LogP contribution in [-0.2, 0) is 0 Å². The molecule has 2 rings (SSSR count). The standard InChI is InChI=1S/C18H14N6O2/c19-10-13(11-20)12-21-16-9-5-4-8-15(16)17(25)23-24-18(26)22-14-6-2-1-3-7-14/h1-9,12,21H,(H,23,25)(H2,22,24,26). The molecule has 4 N–H and O–H groups in total. The lowest BCUT2D eigenvalue weighted by Gasteiger charge is -2.11. The van der Waals surface area contributed by atoms with Crippen molar-refractivity contribution >= 4 is 23.3 Å². The number of amides is 3. The zero-order valence-electron chi connectivity index (χ0n) is 13.5. The van der Waals surface area contributed by atoms with Gasteiger partial charge in [-0.15, -0.1) is 0 Å². The van der Waals surface area contributed by atoms with Crippen molar-refractivity contribution in [3.63, 3.8) is 0 Å². The molecule has 0 aliphatic carbocycles. The number of anilines is 2. The van der Waals surface area contributed by atoms with Crippen LogP contribution in [0.25, 0.3) is 0 Å². The number of rotatable bonds is 4. The summed E-state index contributed by atoms with van der Waals surface area (Å²) in [4.78, 5) is 24.1. The van der Waals surface area contributed by atoms with Crippen LogP contribution in [0.2, 0.25) is 0 Å². The predicted molar refractivity (Wildman–Crippen MR) is 95.4 cm³/mol. The molecule has 0 radical (unpaired) electrons. The van der Waals surface area contributed by atoms with Crippen LogP contribution in [-0.4, -0.2) is 11.9 Å². The Morgan fingerprint density at radius 2 is 1.54 bits per heavy atom. The van der Waals surface area contributed by atoms with Gasteiger partial charge in [0.2, 0.25) is 0 Å². The van der Waals surface area contributed by atoms with E-state index in [9.17, 15) is 9.59 Å². The number of nitrogens with one attached hydrogen (secondary N) is 4. The molecular formula is C18H14N6O2. The number of para-hydroxylation sites is 2. The number of hydrogen-bond acceptors (Lipinski definition) is 5. The Hall–Kier alpha value is -4.30. The SMILES string of the molecule is N#CC(C#N)=CNc1ccccc1C(=O)NNC(=O)Nc1ccccc1. The molecule has 0 fully saturated rings. The van der Waals surface area contributed by atoms with Crippen molar-refractivity contribution < 1.29 is 9.59 Å². The number of hydrazine groups is 1. The normalized spacial score (nSPS) is 9.00. The summed E-state index contributed by atoms with van der Waals surface area (Å²) < 4.78 is 0. The lowest BCUT2D eigenvalue weighted by Crippen LogP contribution is -2.44. The molecule has 0 heterocycles. The lowest BCUT2D eigenvalue weighted by molar-refractivity contribution is 0.0939. The Morgan fingerprint density at radius 3 is 2.23 bits per heavy atom. The smallest absolute Gasteiger partial charge is 0.337 e.